The molecule has 0 unspecified atom stereocenters. The maximum absolute atomic E-state index is 12.8. The molecule has 10 heteroatoms. The van der Waals surface area contributed by atoms with Crippen molar-refractivity contribution in [2.24, 2.45) is 7.05 Å². The van der Waals surface area contributed by atoms with Crippen LogP contribution in [0.4, 0.5) is 5.69 Å². The number of aromatic amines is 1. The summed E-state index contributed by atoms with van der Waals surface area (Å²) < 4.78 is 16.6. The van der Waals surface area contributed by atoms with Gasteiger partial charge in [0.25, 0.3) is 5.78 Å². The normalized spacial score (nSPS) is 12.6. The summed E-state index contributed by atoms with van der Waals surface area (Å²) in [5, 5.41) is 2.98. The van der Waals surface area contributed by atoms with Gasteiger partial charge >= 0.3 is 11.3 Å². The smallest absolute Gasteiger partial charge is 0.438 e. The third-order valence-corrected chi connectivity index (χ3v) is 5.60. The summed E-state index contributed by atoms with van der Waals surface area (Å²) >= 11 is 1.13. The molecule has 3 aromatic heterocycles. The van der Waals surface area contributed by atoms with E-state index in [0.29, 0.717) is 27.4 Å². The fourth-order valence-corrected chi connectivity index (χ4v) is 4.11. The van der Waals surface area contributed by atoms with Gasteiger partial charge in [0.1, 0.15) is 9.71 Å². The molecule has 0 radical (unpaired) electrons. The summed E-state index contributed by atoms with van der Waals surface area (Å²) in [6, 6.07) is 9.19. The van der Waals surface area contributed by atoms with Gasteiger partial charge in [-0.25, -0.2) is 9.78 Å². The molecule has 0 atom stereocenters. The highest BCUT2D eigenvalue weighted by Crippen LogP contribution is 2.38. The van der Waals surface area contributed by atoms with Crippen LogP contribution in [-0.2, 0) is 7.05 Å². The summed E-state index contributed by atoms with van der Waals surface area (Å²) in [4.78, 5) is 30.1. The molecule has 4 heterocycles. The second-order valence-electron chi connectivity index (χ2n) is 6.18. The lowest BCUT2D eigenvalue weighted by molar-refractivity contribution is -0.741. The first kappa shape index (κ1) is 16.5. The first-order valence-corrected chi connectivity index (χ1v) is 9.06. The monoisotopic (exact) mass is 397 g/mol. The van der Waals surface area contributed by atoms with Gasteiger partial charge in [-0.3, -0.25) is 9.32 Å². The maximum atomic E-state index is 12.8. The number of thiophene rings is 1. The fourth-order valence-electron chi connectivity index (χ4n) is 3.08. The van der Waals surface area contributed by atoms with Gasteiger partial charge in [-0.05, 0) is 35.6 Å². The third-order valence-electron chi connectivity index (χ3n) is 4.49. The predicted octanol–water partition coefficient (Wildman–Crippen LogP) is 1.61. The molecule has 9 nitrogen and oxygen atoms in total. The average molecular weight is 397 g/mol. The van der Waals surface area contributed by atoms with Gasteiger partial charge in [0.15, 0.2) is 18.5 Å². The topological polar surface area (TPSA) is 124 Å². The molecular weight excluding hydrogens is 384 g/mol. The Morgan fingerprint density at radius 3 is 2.86 bits per heavy atom. The Morgan fingerprint density at radius 1 is 1.25 bits per heavy atom. The highest BCUT2D eigenvalue weighted by Gasteiger charge is 2.31. The van der Waals surface area contributed by atoms with Crippen molar-refractivity contribution in [3.8, 4) is 22.8 Å². The zero-order valence-corrected chi connectivity index (χ0v) is 15.3. The van der Waals surface area contributed by atoms with Crippen molar-refractivity contribution in [1.29, 1.82) is 0 Å². The Kier molecular flexibility index (Phi) is 3.49. The number of carbonyl (C=O) groups excluding carboxylic acids is 1. The number of H-pyrrole nitrogens is 1. The molecule has 0 spiro atoms. The molecule has 140 valence electrons. The molecule has 0 saturated carbocycles. The van der Waals surface area contributed by atoms with Crippen LogP contribution >= 0.6 is 11.3 Å². The van der Waals surface area contributed by atoms with E-state index in [-0.39, 0.29) is 23.1 Å². The largest absolute Gasteiger partial charge is 0.454 e. The number of benzene rings is 1. The second-order valence-corrected chi connectivity index (χ2v) is 7.18. The Labute approximate surface area is 160 Å². The molecule has 1 aromatic carbocycles. The van der Waals surface area contributed by atoms with Crippen LogP contribution in [0.1, 0.15) is 15.4 Å². The van der Waals surface area contributed by atoms with Gasteiger partial charge in [-0.1, -0.05) is 4.68 Å². The molecule has 0 saturated heterocycles. The van der Waals surface area contributed by atoms with Gasteiger partial charge in [0.05, 0.1) is 11.4 Å². The summed E-state index contributed by atoms with van der Waals surface area (Å²) in [5.41, 5.74) is 7.13. The highest BCUT2D eigenvalue weighted by atomic mass is 32.1. The highest BCUT2D eigenvalue weighted by molar-refractivity contribution is 7.21. The molecule has 3 N–H and O–H groups in total. The fraction of sp³-hybridized carbons (Fsp3) is 0.111. The number of ketones is 1. The minimum Gasteiger partial charge on any atom is -0.454 e. The Morgan fingerprint density at radius 2 is 2.07 bits per heavy atom. The summed E-state index contributed by atoms with van der Waals surface area (Å²) in [6.07, 6.45) is 0. The quantitative estimate of drug-likeness (QED) is 0.397. The summed E-state index contributed by atoms with van der Waals surface area (Å²) in [6.45, 7) is 0.197. The third kappa shape index (κ3) is 2.38. The number of carbonyl (C=O) groups is 1. The van der Waals surface area contributed by atoms with Gasteiger partial charge in [-0.2, -0.15) is 0 Å². The summed E-state index contributed by atoms with van der Waals surface area (Å²) in [5.74, 6) is 0.839. The average Bonchev–Trinajstić information content (AvgIpc) is 3.38. The van der Waals surface area contributed by atoms with Crippen molar-refractivity contribution < 1.29 is 23.5 Å². The van der Waals surface area contributed by atoms with Crippen molar-refractivity contribution in [1.82, 2.24) is 10.3 Å². The molecule has 4 aromatic rings. The van der Waals surface area contributed by atoms with Crippen LogP contribution in [0.3, 0.4) is 0 Å². The van der Waals surface area contributed by atoms with Crippen molar-refractivity contribution in [2.75, 3.05) is 12.5 Å². The van der Waals surface area contributed by atoms with Gasteiger partial charge < -0.3 is 15.2 Å². The van der Waals surface area contributed by atoms with Gasteiger partial charge in [0, 0.05) is 10.9 Å². The minimum absolute atomic E-state index is 0.130. The van der Waals surface area contributed by atoms with Gasteiger partial charge in [-0.15, -0.1) is 11.3 Å². The van der Waals surface area contributed by atoms with Crippen LogP contribution in [0.15, 0.2) is 39.6 Å². The number of aromatic nitrogens is 3. The van der Waals surface area contributed by atoms with E-state index in [2.05, 4.69) is 14.8 Å². The first-order valence-electron chi connectivity index (χ1n) is 8.24. The molecule has 1 aliphatic heterocycles. The number of nitrogens with one attached hydrogen (secondary N) is 1. The van der Waals surface area contributed by atoms with Crippen LogP contribution < -0.4 is 25.5 Å². The number of pyridine rings is 1. The van der Waals surface area contributed by atoms with Crippen LogP contribution in [0.5, 0.6) is 11.5 Å². The number of anilines is 1. The molecule has 5 rings (SSSR count). The number of nitrogens with zero attached hydrogens (tertiary/aromatic N) is 2. The number of aryl methyl sites for hydroxylation is 1. The van der Waals surface area contributed by atoms with Crippen molar-refractivity contribution >= 4 is 33.0 Å². The number of rotatable bonds is 3. The molecular formula is C18H13N4O5S+. The lowest BCUT2D eigenvalue weighted by Crippen LogP contribution is -2.39. The van der Waals surface area contributed by atoms with Crippen molar-refractivity contribution in [3.63, 3.8) is 0 Å². The van der Waals surface area contributed by atoms with E-state index in [9.17, 15) is 9.59 Å². The van der Waals surface area contributed by atoms with E-state index in [0.717, 1.165) is 16.9 Å². The van der Waals surface area contributed by atoms with E-state index in [1.807, 2.05) is 30.3 Å². The number of nitrogen functional groups attached to an aromatic ring is 1. The van der Waals surface area contributed by atoms with Crippen LogP contribution in [0.2, 0.25) is 0 Å². The van der Waals surface area contributed by atoms with Crippen LogP contribution in [-0.4, -0.2) is 22.8 Å². The number of ether oxygens (including phenoxy) is 2. The molecule has 0 bridgehead atoms. The number of nitrogens with two attached hydrogens (primary N) is 1. The van der Waals surface area contributed by atoms with E-state index >= 15 is 0 Å². The number of fused-ring (bicyclic) bond motifs is 2. The molecule has 0 aliphatic carbocycles. The Hall–Kier alpha value is -3.66. The molecule has 0 amide bonds. The van der Waals surface area contributed by atoms with E-state index in [1.165, 1.54) is 11.7 Å². The second kappa shape index (κ2) is 5.92. The minimum atomic E-state index is -0.752. The maximum Gasteiger partial charge on any atom is 0.438 e. The lowest BCUT2D eigenvalue weighted by atomic mass is 10.1. The first-order chi connectivity index (χ1) is 13.5. The number of hydrogen-bond acceptors (Lipinski definition) is 8. The lowest BCUT2D eigenvalue weighted by Gasteiger charge is -2.03. The zero-order chi connectivity index (χ0) is 19.4. The van der Waals surface area contributed by atoms with Gasteiger partial charge in [0.2, 0.25) is 6.79 Å². The van der Waals surface area contributed by atoms with E-state index in [4.69, 9.17) is 15.2 Å². The van der Waals surface area contributed by atoms with Crippen LogP contribution in [0, 0.1) is 0 Å². The zero-order valence-electron chi connectivity index (χ0n) is 14.5. The van der Waals surface area contributed by atoms with E-state index in [1.54, 1.807) is 0 Å². The van der Waals surface area contributed by atoms with E-state index < -0.39 is 11.4 Å². The predicted molar refractivity (Wildman–Crippen MR) is 99.5 cm³/mol. The molecule has 0 fully saturated rings. The summed E-state index contributed by atoms with van der Waals surface area (Å²) in [7, 11) is 1.51. The van der Waals surface area contributed by atoms with Crippen molar-refractivity contribution in [3.05, 3.63) is 51.3 Å². The Bertz CT molecular complexity index is 1320. The molecule has 1 aliphatic rings. The Balaban J connectivity index is 1.60. The SMILES string of the molecule is C[n+]1[nH]oc(=O)c1C(=O)c1sc2nc(-c3ccc4c(c3)OCO4)ccc2c1N. The molecule has 28 heavy (non-hydrogen) atoms. The van der Waals surface area contributed by atoms with Crippen molar-refractivity contribution in [2.45, 2.75) is 0 Å². The number of hydrogen-bond donors (Lipinski definition) is 2. The van der Waals surface area contributed by atoms with Crippen LogP contribution in [0.25, 0.3) is 21.5 Å². The standard InChI is InChI=1S/C18H12N4O5S/c1-22-14(18(24)27-21-22)15(23)16-13(19)9-3-4-10(20-17(9)28-16)8-2-5-11-12(6-8)26-7-25-11/h2-6H,7H2,1H3,(H2-,19,21,23,24)/p+1.